The van der Waals surface area contributed by atoms with Gasteiger partial charge in [-0.1, -0.05) is 65.0 Å². The summed E-state index contributed by atoms with van der Waals surface area (Å²) in [5.74, 6) is 1.79. The van der Waals surface area contributed by atoms with Crippen molar-refractivity contribution >= 4 is 0 Å². The molecule has 0 bridgehead atoms. The third-order valence-corrected chi connectivity index (χ3v) is 7.32. The second kappa shape index (κ2) is 11.4. The van der Waals surface area contributed by atoms with Crippen LogP contribution in [0.5, 0.6) is 5.75 Å². The number of benzene rings is 3. The molecule has 0 aliphatic rings. The summed E-state index contributed by atoms with van der Waals surface area (Å²) in [6.45, 7) is 18.3. The Kier molecular flexibility index (Phi) is 8.80. The number of aryl methyl sites for hydroxylation is 3. The molecule has 0 fully saturated rings. The summed E-state index contributed by atoms with van der Waals surface area (Å²) in [6.07, 6.45) is 3.08. The van der Waals surface area contributed by atoms with Crippen LogP contribution in [0.25, 0.3) is 0 Å². The molecule has 188 valence electrons. The van der Waals surface area contributed by atoms with Crippen LogP contribution < -0.4 is 4.74 Å². The molecule has 3 rings (SSSR count). The van der Waals surface area contributed by atoms with Crippen molar-refractivity contribution in [2.75, 3.05) is 6.61 Å². The molecule has 1 unspecified atom stereocenters. The van der Waals surface area contributed by atoms with E-state index in [1.807, 2.05) is 19.9 Å². The van der Waals surface area contributed by atoms with E-state index in [9.17, 15) is 4.39 Å². The van der Waals surface area contributed by atoms with Crippen molar-refractivity contribution < 1.29 is 9.13 Å². The zero-order chi connectivity index (χ0) is 25.8. The van der Waals surface area contributed by atoms with Crippen molar-refractivity contribution in [3.63, 3.8) is 0 Å². The molecule has 3 aromatic rings. The Labute approximate surface area is 212 Å². The van der Waals surface area contributed by atoms with Gasteiger partial charge in [-0.25, -0.2) is 4.39 Å². The van der Waals surface area contributed by atoms with E-state index in [4.69, 9.17) is 4.74 Å². The predicted molar refractivity (Wildman–Crippen MR) is 147 cm³/mol. The first-order chi connectivity index (χ1) is 16.5. The molecular formula is C33H43FO. The summed E-state index contributed by atoms with van der Waals surface area (Å²) >= 11 is 0. The maximum atomic E-state index is 13.6. The highest BCUT2D eigenvalue weighted by molar-refractivity contribution is 5.40. The molecule has 0 heterocycles. The SMILES string of the molecule is CCOc1ccc(C(C)C)c(CCC(C)c2ccc(CC(C)(C)c3ccc(F)cc3C)cc2C)c1. The second-order valence-electron chi connectivity index (χ2n) is 11.1. The Morgan fingerprint density at radius 3 is 2.20 bits per heavy atom. The third-order valence-electron chi connectivity index (χ3n) is 7.32. The van der Waals surface area contributed by atoms with Gasteiger partial charge in [-0.15, -0.1) is 0 Å². The molecule has 0 aliphatic carbocycles. The minimum absolute atomic E-state index is 0.0593. The molecule has 0 amide bonds. The summed E-state index contributed by atoms with van der Waals surface area (Å²) in [5, 5.41) is 0. The zero-order valence-electron chi connectivity index (χ0n) is 23.0. The van der Waals surface area contributed by atoms with Gasteiger partial charge in [0.2, 0.25) is 0 Å². The van der Waals surface area contributed by atoms with Gasteiger partial charge in [0.1, 0.15) is 11.6 Å². The first-order valence-corrected chi connectivity index (χ1v) is 13.1. The van der Waals surface area contributed by atoms with Gasteiger partial charge in [0, 0.05) is 0 Å². The monoisotopic (exact) mass is 474 g/mol. The predicted octanol–water partition coefficient (Wildman–Crippen LogP) is 9.22. The van der Waals surface area contributed by atoms with E-state index in [-0.39, 0.29) is 11.2 Å². The number of halogens is 1. The van der Waals surface area contributed by atoms with Crippen molar-refractivity contribution in [2.45, 2.75) is 91.9 Å². The molecule has 35 heavy (non-hydrogen) atoms. The van der Waals surface area contributed by atoms with E-state index >= 15 is 0 Å². The van der Waals surface area contributed by atoms with Crippen LogP contribution in [0.1, 0.15) is 98.7 Å². The minimum atomic E-state index is -0.165. The van der Waals surface area contributed by atoms with E-state index in [0.29, 0.717) is 18.4 Å². The van der Waals surface area contributed by atoms with Crippen molar-refractivity contribution in [3.05, 3.63) is 99.4 Å². The molecule has 1 nitrogen and oxygen atoms in total. The highest BCUT2D eigenvalue weighted by Gasteiger charge is 2.24. The van der Waals surface area contributed by atoms with E-state index < -0.39 is 0 Å². The third kappa shape index (κ3) is 6.75. The lowest BCUT2D eigenvalue weighted by Crippen LogP contribution is -2.22. The van der Waals surface area contributed by atoms with Crippen LogP contribution in [0.15, 0.2) is 54.6 Å². The minimum Gasteiger partial charge on any atom is -0.494 e. The van der Waals surface area contributed by atoms with Crippen LogP contribution in [0.3, 0.4) is 0 Å². The van der Waals surface area contributed by atoms with Crippen molar-refractivity contribution in [1.82, 2.24) is 0 Å². The second-order valence-corrected chi connectivity index (χ2v) is 11.1. The molecule has 0 radical (unpaired) electrons. The van der Waals surface area contributed by atoms with Gasteiger partial charge >= 0.3 is 0 Å². The first-order valence-electron chi connectivity index (χ1n) is 13.1. The highest BCUT2D eigenvalue weighted by atomic mass is 19.1. The molecular weight excluding hydrogens is 431 g/mol. The average molecular weight is 475 g/mol. The first kappa shape index (κ1) is 27.0. The van der Waals surface area contributed by atoms with Crippen LogP contribution >= 0.6 is 0 Å². The summed E-state index contributed by atoms with van der Waals surface area (Å²) in [7, 11) is 0. The number of hydrogen-bond acceptors (Lipinski definition) is 1. The van der Waals surface area contributed by atoms with Crippen molar-refractivity contribution in [2.24, 2.45) is 0 Å². The summed E-state index contributed by atoms with van der Waals surface area (Å²) < 4.78 is 19.4. The maximum absolute atomic E-state index is 13.6. The molecule has 0 aliphatic heterocycles. The highest BCUT2D eigenvalue weighted by Crippen LogP contribution is 2.33. The smallest absolute Gasteiger partial charge is 0.123 e. The lowest BCUT2D eigenvalue weighted by molar-refractivity contribution is 0.339. The quantitative estimate of drug-likeness (QED) is 0.284. The fourth-order valence-corrected chi connectivity index (χ4v) is 5.54. The van der Waals surface area contributed by atoms with Gasteiger partial charge in [0.25, 0.3) is 0 Å². The largest absolute Gasteiger partial charge is 0.494 e. The average Bonchev–Trinajstić information content (AvgIpc) is 2.77. The number of rotatable bonds is 10. The van der Waals surface area contributed by atoms with Gasteiger partial charge in [0.15, 0.2) is 0 Å². The lowest BCUT2D eigenvalue weighted by atomic mass is 9.76. The van der Waals surface area contributed by atoms with Crippen LogP contribution in [0, 0.1) is 19.7 Å². The standard InChI is InChI=1S/C33H43FO/c1-9-35-29-14-16-30(22(2)3)27(20-29)12-10-23(4)31-15-11-26(18-24(31)5)21-33(7,8)32-17-13-28(34)19-25(32)6/h11,13-20,22-23H,9-10,12,21H2,1-8H3. The van der Waals surface area contributed by atoms with Gasteiger partial charge in [-0.2, -0.15) is 0 Å². The lowest BCUT2D eigenvalue weighted by Gasteiger charge is -2.28. The summed E-state index contributed by atoms with van der Waals surface area (Å²) in [5.41, 5.74) is 9.12. The number of ether oxygens (including phenoxy) is 1. The number of hydrogen-bond donors (Lipinski definition) is 0. The Morgan fingerprint density at radius 1 is 0.857 bits per heavy atom. The normalized spacial score (nSPS) is 12.7. The Bertz CT molecular complexity index is 1140. The molecule has 0 saturated heterocycles. The van der Waals surface area contributed by atoms with Crippen LogP contribution in [0.4, 0.5) is 4.39 Å². The van der Waals surface area contributed by atoms with Crippen molar-refractivity contribution in [1.29, 1.82) is 0 Å². The van der Waals surface area contributed by atoms with Gasteiger partial charge in [-0.05, 0) is 120 Å². The van der Waals surface area contributed by atoms with Gasteiger partial charge in [0.05, 0.1) is 6.61 Å². The molecule has 0 N–H and O–H groups in total. The molecule has 2 heteroatoms. The van der Waals surface area contributed by atoms with Crippen molar-refractivity contribution in [3.8, 4) is 5.75 Å². The van der Waals surface area contributed by atoms with E-state index in [2.05, 4.69) is 77.9 Å². The molecule has 0 spiro atoms. The van der Waals surface area contributed by atoms with Crippen LogP contribution in [-0.2, 0) is 18.3 Å². The Morgan fingerprint density at radius 2 is 1.57 bits per heavy atom. The molecule has 0 aromatic heterocycles. The zero-order valence-corrected chi connectivity index (χ0v) is 23.0. The topological polar surface area (TPSA) is 9.23 Å². The fourth-order valence-electron chi connectivity index (χ4n) is 5.54. The molecule has 1 atom stereocenters. The van der Waals surface area contributed by atoms with Crippen LogP contribution in [0.2, 0.25) is 0 Å². The Balaban J connectivity index is 1.73. The van der Waals surface area contributed by atoms with E-state index in [1.165, 1.54) is 33.4 Å². The Hall–Kier alpha value is -2.61. The van der Waals surface area contributed by atoms with Gasteiger partial charge in [-0.3, -0.25) is 0 Å². The van der Waals surface area contributed by atoms with Gasteiger partial charge < -0.3 is 4.74 Å². The fraction of sp³-hybridized carbons (Fsp3) is 0.455. The molecule has 3 aromatic carbocycles. The molecule has 0 saturated carbocycles. The van der Waals surface area contributed by atoms with Crippen LogP contribution in [-0.4, -0.2) is 6.61 Å². The van der Waals surface area contributed by atoms with E-state index in [1.54, 1.807) is 12.1 Å². The maximum Gasteiger partial charge on any atom is 0.123 e. The summed E-state index contributed by atoms with van der Waals surface area (Å²) in [6, 6.07) is 18.7. The summed E-state index contributed by atoms with van der Waals surface area (Å²) in [4.78, 5) is 0. The van der Waals surface area contributed by atoms with E-state index in [0.717, 1.165) is 30.6 Å².